The number of hydrogen-bond donors (Lipinski definition) is 5. The van der Waals surface area contributed by atoms with E-state index in [9.17, 15) is 19.2 Å². The smallest absolute Gasteiger partial charge is 0.326 e. The van der Waals surface area contributed by atoms with E-state index in [0.717, 1.165) is 0 Å². The minimum Gasteiger partial charge on any atom is -0.481 e. The minimum atomic E-state index is -1.26. The molecular formula is C11H19N3O6. The molecular weight excluding hydrogens is 270 g/mol. The molecule has 0 saturated heterocycles. The molecule has 114 valence electrons. The molecule has 0 radical (unpaired) electrons. The summed E-state index contributed by atoms with van der Waals surface area (Å²) in [6.45, 7) is 1.89. The number of amides is 3. The van der Waals surface area contributed by atoms with E-state index in [1.165, 1.54) is 0 Å². The summed E-state index contributed by atoms with van der Waals surface area (Å²) in [4.78, 5) is 43.7. The average molecular weight is 289 g/mol. The van der Waals surface area contributed by atoms with E-state index in [0.29, 0.717) is 6.54 Å². The molecule has 0 bridgehead atoms. The second-order valence-corrected chi connectivity index (χ2v) is 3.96. The molecule has 0 aliphatic heterocycles. The predicted molar refractivity (Wildman–Crippen MR) is 68.1 cm³/mol. The SMILES string of the molecule is CCNC(=O)CNC(=O)N[C@H](CCCC(=O)O)C(=O)O. The van der Waals surface area contributed by atoms with Crippen LogP contribution < -0.4 is 16.0 Å². The van der Waals surface area contributed by atoms with Crippen molar-refractivity contribution < 1.29 is 29.4 Å². The van der Waals surface area contributed by atoms with Gasteiger partial charge in [-0.3, -0.25) is 9.59 Å². The zero-order valence-corrected chi connectivity index (χ0v) is 11.1. The highest BCUT2D eigenvalue weighted by Gasteiger charge is 2.20. The third kappa shape index (κ3) is 8.72. The highest BCUT2D eigenvalue weighted by atomic mass is 16.4. The molecule has 0 aromatic carbocycles. The van der Waals surface area contributed by atoms with E-state index in [1.807, 2.05) is 0 Å². The molecule has 20 heavy (non-hydrogen) atoms. The monoisotopic (exact) mass is 289 g/mol. The summed E-state index contributed by atoms with van der Waals surface area (Å²) in [5.41, 5.74) is 0. The summed E-state index contributed by atoms with van der Waals surface area (Å²) < 4.78 is 0. The third-order valence-corrected chi connectivity index (χ3v) is 2.27. The van der Waals surface area contributed by atoms with Crippen LogP contribution in [0.2, 0.25) is 0 Å². The van der Waals surface area contributed by atoms with E-state index in [4.69, 9.17) is 10.2 Å². The second-order valence-electron chi connectivity index (χ2n) is 3.96. The van der Waals surface area contributed by atoms with Gasteiger partial charge in [0.15, 0.2) is 0 Å². The molecule has 3 amide bonds. The van der Waals surface area contributed by atoms with Gasteiger partial charge in [-0.2, -0.15) is 0 Å². The number of aliphatic carboxylic acids is 2. The number of carbonyl (C=O) groups is 4. The Bertz CT molecular complexity index is 371. The molecule has 0 aromatic heterocycles. The fraction of sp³-hybridized carbons (Fsp3) is 0.636. The highest BCUT2D eigenvalue weighted by Crippen LogP contribution is 2.01. The predicted octanol–water partition coefficient (Wildman–Crippen LogP) is -0.870. The Kier molecular flexibility index (Phi) is 8.48. The topological polar surface area (TPSA) is 145 Å². The Labute approximate surface area is 115 Å². The van der Waals surface area contributed by atoms with Gasteiger partial charge >= 0.3 is 18.0 Å². The van der Waals surface area contributed by atoms with Crippen molar-refractivity contribution in [3.05, 3.63) is 0 Å². The van der Waals surface area contributed by atoms with Crippen molar-refractivity contribution in [3.8, 4) is 0 Å². The first-order valence-corrected chi connectivity index (χ1v) is 6.12. The van der Waals surface area contributed by atoms with E-state index < -0.39 is 24.0 Å². The maximum absolute atomic E-state index is 11.4. The summed E-state index contributed by atoms with van der Waals surface area (Å²) >= 11 is 0. The van der Waals surface area contributed by atoms with Gasteiger partial charge in [-0.1, -0.05) is 0 Å². The zero-order valence-electron chi connectivity index (χ0n) is 11.1. The number of nitrogens with one attached hydrogen (secondary N) is 3. The minimum absolute atomic E-state index is 0.00376. The van der Waals surface area contributed by atoms with Gasteiger partial charge in [-0.05, 0) is 19.8 Å². The fourth-order valence-corrected chi connectivity index (χ4v) is 1.34. The van der Waals surface area contributed by atoms with Gasteiger partial charge in [0.2, 0.25) is 5.91 Å². The van der Waals surface area contributed by atoms with Crippen LogP contribution in [0.4, 0.5) is 4.79 Å². The van der Waals surface area contributed by atoms with E-state index >= 15 is 0 Å². The van der Waals surface area contributed by atoms with E-state index in [2.05, 4.69) is 16.0 Å². The fourth-order valence-electron chi connectivity index (χ4n) is 1.34. The van der Waals surface area contributed by atoms with Gasteiger partial charge < -0.3 is 26.2 Å². The van der Waals surface area contributed by atoms with Crippen molar-refractivity contribution in [2.24, 2.45) is 0 Å². The van der Waals surface area contributed by atoms with Crippen molar-refractivity contribution in [1.82, 2.24) is 16.0 Å². The van der Waals surface area contributed by atoms with Crippen molar-refractivity contribution >= 4 is 23.9 Å². The van der Waals surface area contributed by atoms with Crippen LogP contribution in [0.25, 0.3) is 0 Å². The van der Waals surface area contributed by atoms with Crippen molar-refractivity contribution in [2.75, 3.05) is 13.1 Å². The summed E-state index contributed by atoms with van der Waals surface area (Å²) in [6.07, 6.45) is -0.0505. The Hall–Kier alpha value is -2.32. The van der Waals surface area contributed by atoms with Gasteiger partial charge in [-0.15, -0.1) is 0 Å². The number of carboxylic acid groups (broad SMARTS) is 2. The summed E-state index contributed by atoms with van der Waals surface area (Å²) in [7, 11) is 0. The maximum Gasteiger partial charge on any atom is 0.326 e. The van der Waals surface area contributed by atoms with Crippen LogP contribution in [0.15, 0.2) is 0 Å². The second kappa shape index (κ2) is 9.59. The molecule has 0 unspecified atom stereocenters. The zero-order chi connectivity index (χ0) is 15.5. The summed E-state index contributed by atoms with van der Waals surface area (Å²) in [6, 6.07) is -1.98. The lowest BCUT2D eigenvalue weighted by Gasteiger charge is -2.14. The van der Waals surface area contributed by atoms with Gasteiger partial charge in [0, 0.05) is 13.0 Å². The van der Waals surface area contributed by atoms with Gasteiger partial charge in [0.05, 0.1) is 6.54 Å². The number of carbonyl (C=O) groups excluding carboxylic acids is 2. The molecule has 0 aliphatic carbocycles. The average Bonchev–Trinajstić information content (AvgIpc) is 2.35. The van der Waals surface area contributed by atoms with Crippen LogP contribution in [0.5, 0.6) is 0 Å². The lowest BCUT2D eigenvalue weighted by molar-refractivity contribution is -0.140. The van der Waals surface area contributed by atoms with Crippen molar-refractivity contribution in [3.63, 3.8) is 0 Å². The Morgan fingerprint density at radius 1 is 1.10 bits per heavy atom. The van der Waals surface area contributed by atoms with Crippen molar-refractivity contribution in [1.29, 1.82) is 0 Å². The number of urea groups is 1. The first kappa shape index (κ1) is 17.7. The number of likely N-dealkylation sites (N-methyl/N-ethyl adjacent to an activating group) is 1. The largest absolute Gasteiger partial charge is 0.481 e. The van der Waals surface area contributed by atoms with Gasteiger partial charge in [0.25, 0.3) is 0 Å². The molecule has 0 saturated carbocycles. The molecule has 0 rings (SSSR count). The first-order valence-electron chi connectivity index (χ1n) is 6.12. The quantitative estimate of drug-likeness (QED) is 0.373. The highest BCUT2D eigenvalue weighted by molar-refractivity contribution is 5.86. The maximum atomic E-state index is 11.4. The number of rotatable bonds is 9. The molecule has 0 spiro atoms. The van der Waals surface area contributed by atoms with Gasteiger partial charge in [0.1, 0.15) is 6.04 Å². The van der Waals surface area contributed by atoms with Crippen LogP contribution >= 0.6 is 0 Å². The molecule has 0 aromatic rings. The van der Waals surface area contributed by atoms with Crippen molar-refractivity contribution in [2.45, 2.75) is 32.2 Å². The van der Waals surface area contributed by atoms with Crippen LogP contribution in [0.3, 0.4) is 0 Å². The molecule has 0 heterocycles. The first-order chi connectivity index (χ1) is 9.36. The lowest BCUT2D eigenvalue weighted by Crippen LogP contribution is -2.48. The number of hydrogen-bond acceptors (Lipinski definition) is 4. The standard InChI is InChI=1S/C11H19N3O6/c1-2-12-8(15)6-13-11(20)14-7(10(18)19)4-3-5-9(16)17/h7H,2-6H2,1H3,(H,12,15)(H,16,17)(H,18,19)(H2,13,14,20)/t7-/m1/s1. The molecule has 5 N–H and O–H groups in total. The number of carboxylic acids is 2. The Balaban J connectivity index is 4.10. The summed E-state index contributed by atoms with van der Waals surface area (Å²) in [5, 5.41) is 24.2. The molecule has 9 nitrogen and oxygen atoms in total. The van der Waals surface area contributed by atoms with Crippen LogP contribution in [-0.4, -0.2) is 53.2 Å². The molecule has 1 atom stereocenters. The Morgan fingerprint density at radius 3 is 2.25 bits per heavy atom. The lowest BCUT2D eigenvalue weighted by atomic mass is 10.1. The molecule has 9 heteroatoms. The molecule has 0 fully saturated rings. The summed E-state index contributed by atoms with van der Waals surface area (Å²) in [5.74, 6) is -2.68. The third-order valence-electron chi connectivity index (χ3n) is 2.27. The van der Waals surface area contributed by atoms with Crippen LogP contribution in [0, 0.1) is 0 Å². The van der Waals surface area contributed by atoms with Gasteiger partial charge in [-0.25, -0.2) is 9.59 Å². The van der Waals surface area contributed by atoms with E-state index in [1.54, 1.807) is 6.92 Å². The van der Waals surface area contributed by atoms with Crippen LogP contribution in [-0.2, 0) is 14.4 Å². The normalized spacial score (nSPS) is 11.2. The van der Waals surface area contributed by atoms with E-state index in [-0.39, 0.29) is 31.7 Å². The van der Waals surface area contributed by atoms with Crippen LogP contribution in [0.1, 0.15) is 26.2 Å². The Morgan fingerprint density at radius 2 is 1.75 bits per heavy atom. The molecule has 0 aliphatic rings.